The van der Waals surface area contributed by atoms with Gasteiger partial charge in [-0.1, -0.05) is 18.2 Å². The van der Waals surface area contributed by atoms with Gasteiger partial charge in [0.2, 0.25) is 0 Å². The van der Waals surface area contributed by atoms with Crippen molar-refractivity contribution in [2.45, 2.75) is 26.3 Å². The molecular formula is C27H28F3N3O3. The number of carbonyl (C=O) groups is 1. The van der Waals surface area contributed by atoms with Gasteiger partial charge in [-0.2, -0.15) is 13.2 Å². The van der Waals surface area contributed by atoms with Crippen LogP contribution in [0.25, 0.3) is 0 Å². The molecule has 1 aromatic heterocycles. The predicted molar refractivity (Wildman–Crippen MR) is 129 cm³/mol. The number of pyridine rings is 1. The van der Waals surface area contributed by atoms with Crippen LogP contribution in [0.2, 0.25) is 0 Å². The summed E-state index contributed by atoms with van der Waals surface area (Å²) in [5.41, 5.74) is 1.60. The quantitative estimate of drug-likeness (QED) is 0.435. The van der Waals surface area contributed by atoms with E-state index >= 15 is 0 Å². The Hall–Kier alpha value is -3.59. The lowest BCUT2D eigenvalue weighted by Gasteiger charge is -2.35. The number of piperazine rings is 1. The number of hydrogen-bond donors (Lipinski definition) is 0. The van der Waals surface area contributed by atoms with E-state index in [4.69, 9.17) is 9.47 Å². The Bertz CT molecular complexity index is 1150. The second-order valence-electron chi connectivity index (χ2n) is 8.51. The molecule has 1 fully saturated rings. The maximum Gasteiger partial charge on any atom is 0.416 e. The van der Waals surface area contributed by atoms with E-state index in [1.165, 1.54) is 12.1 Å². The average Bonchev–Trinajstić information content (AvgIpc) is 2.88. The Labute approximate surface area is 208 Å². The van der Waals surface area contributed by atoms with Crippen LogP contribution in [-0.2, 0) is 19.3 Å². The van der Waals surface area contributed by atoms with Crippen LogP contribution in [-0.4, -0.2) is 53.5 Å². The number of benzene rings is 2. The summed E-state index contributed by atoms with van der Waals surface area (Å²) in [6.07, 6.45) is -0.907. The first-order valence-corrected chi connectivity index (χ1v) is 11.8. The van der Waals surface area contributed by atoms with Gasteiger partial charge >= 0.3 is 6.18 Å². The van der Waals surface area contributed by atoms with Crippen LogP contribution in [0.3, 0.4) is 0 Å². The molecule has 0 spiro atoms. The molecule has 6 nitrogen and oxygen atoms in total. The summed E-state index contributed by atoms with van der Waals surface area (Å²) in [5.74, 6) is 0.968. The number of alkyl halides is 3. The first kappa shape index (κ1) is 25.5. The van der Waals surface area contributed by atoms with E-state index in [9.17, 15) is 18.0 Å². The average molecular weight is 500 g/mol. The molecule has 9 heteroatoms. The van der Waals surface area contributed by atoms with E-state index in [0.717, 1.165) is 23.3 Å². The fourth-order valence-electron chi connectivity index (χ4n) is 4.02. The molecule has 0 saturated carbocycles. The molecule has 0 radical (unpaired) electrons. The molecule has 190 valence electrons. The maximum absolute atomic E-state index is 13.1. The number of hydrogen-bond acceptors (Lipinski definition) is 5. The molecule has 1 aliphatic heterocycles. The highest BCUT2D eigenvalue weighted by atomic mass is 19.4. The van der Waals surface area contributed by atoms with Crippen molar-refractivity contribution in [1.29, 1.82) is 0 Å². The molecule has 0 aliphatic carbocycles. The molecule has 36 heavy (non-hydrogen) atoms. The smallest absolute Gasteiger partial charge is 0.416 e. The molecule has 0 atom stereocenters. The molecule has 1 saturated heterocycles. The first-order valence-electron chi connectivity index (χ1n) is 11.8. The highest BCUT2D eigenvalue weighted by Crippen LogP contribution is 2.31. The molecular weight excluding hydrogens is 471 g/mol. The predicted octanol–water partition coefficient (Wildman–Crippen LogP) is 5.04. The van der Waals surface area contributed by atoms with E-state index in [-0.39, 0.29) is 5.91 Å². The first-order chi connectivity index (χ1) is 17.3. The largest absolute Gasteiger partial charge is 0.490 e. The van der Waals surface area contributed by atoms with Gasteiger partial charge in [-0.3, -0.25) is 14.7 Å². The van der Waals surface area contributed by atoms with Gasteiger partial charge in [0, 0.05) is 56.2 Å². The standard InChI is InChI=1S/C27H28F3N3O3/c1-2-35-25-16-22(7-10-24(25)36-19-21-4-3-11-31-17-21)26(34)33-14-12-32(13-15-33)18-20-5-8-23(9-6-20)27(28,29)30/h3-11,16-17H,2,12-15,18-19H2,1H3. The molecule has 1 aliphatic rings. The maximum atomic E-state index is 13.1. The van der Waals surface area contributed by atoms with Crippen LogP contribution >= 0.6 is 0 Å². The SMILES string of the molecule is CCOc1cc(C(=O)N2CCN(Cc3ccc(C(F)(F)F)cc3)CC2)ccc1OCc1cccnc1. The number of amides is 1. The monoisotopic (exact) mass is 499 g/mol. The molecule has 4 rings (SSSR count). The highest BCUT2D eigenvalue weighted by molar-refractivity contribution is 5.95. The summed E-state index contributed by atoms with van der Waals surface area (Å²) in [4.78, 5) is 21.1. The van der Waals surface area contributed by atoms with Crippen LogP contribution in [0.4, 0.5) is 13.2 Å². The van der Waals surface area contributed by atoms with Crippen molar-refractivity contribution in [2.75, 3.05) is 32.8 Å². The van der Waals surface area contributed by atoms with Crippen molar-refractivity contribution in [3.8, 4) is 11.5 Å². The topological polar surface area (TPSA) is 54.9 Å². The van der Waals surface area contributed by atoms with Gasteiger partial charge in [0.05, 0.1) is 12.2 Å². The van der Waals surface area contributed by atoms with Crippen molar-refractivity contribution in [3.05, 3.63) is 89.2 Å². The van der Waals surface area contributed by atoms with Gasteiger partial charge in [0.1, 0.15) is 6.61 Å². The van der Waals surface area contributed by atoms with Gasteiger partial charge in [0.15, 0.2) is 11.5 Å². The summed E-state index contributed by atoms with van der Waals surface area (Å²) in [5, 5.41) is 0. The van der Waals surface area contributed by atoms with Crippen molar-refractivity contribution < 1.29 is 27.4 Å². The second-order valence-corrected chi connectivity index (χ2v) is 8.51. The Morgan fingerprint density at radius 2 is 1.69 bits per heavy atom. The zero-order valence-corrected chi connectivity index (χ0v) is 20.0. The Morgan fingerprint density at radius 3 is 2.33 bits per heavy atom. The third-order valence-corrected chi connectivity index (χ3v) is 5.95. The second kappa shape index (κ2) is 11.4. The van der Waals surface area contributed by atoms with E-state index in [2.05, 4.69) is 9.88 Å². The minimum Gasteiger partial charge on any atom is -0.490 e. The van der Waals surface area contributed by atoms with Crippen molar-refractivity contribution in [2.24, 2.45) is 0 Å². The Morgan fingerprint density at radius 1 is 0.944 bits per heavy atom. The number of aromatic nitrogens is 1. The zero-order valence-electron chi connectivity index (χ0n) is 20.0. The molecule has 2 aromatic carbocycles. The van der Waals surface area contributed by atoms with Crippen LogP contribution in [0, 0.1) is 0 Å². The van der Waals surface area contributed by atoms with Gasteiger partial charge in [-0.15, -0.1) is 0 Å². The lowest BCUT2D eigenvalue weighted by Crippen LogP contribution is -2.48. The third kappa shape index (κ3) is 6.54. The summed E-state index contributed by atoms with van der Waals surface area (Å²) in [7, 11) is 0. The van der Waals surface area contributed by atoms with Crippen LogP contribution in [0.1, 0.15) is 34.0 Å². The number of halogens is 3. The van der Waals surface area contributed by atoms with Crippen LogP contribution in [0.15, 0.2) is 67.0 Å². The number of nitrogens with zero attached hydrogens (tertiary/aromatic N) is 3. The summed E-state index contributed by atoms with van der Waals surface area (Å²) in [6, 6.07) is 14.2. The Balaban J connectivity index is 1.34. The fraction of sp³-hybridized carbons (Fsp3) is 0.333. The van der Waals surface area contributed by atoms with Crippen molar-refractivity contribution in [1.82, 2.24) is 14.8 Å². The molecule has 0 unspecified atom stereocenters. The van der Waals surface area contributed by atoms with Gasteiger partial charge in [-0.05, 0) is 48.9 Å². The Kier molecular flexibility index (Phi) is 8.10. The van der Waals surface area contributed by atoms with Gasteiger partial charge in [0.25, 0.3) is 5.91 Å². The normalized spacial score (nSPS) is 14.5. The molecule has 1 amide bonds. The van der Waals surface area contributed by atoms with E-state index in [1.54, 1.807) is 35.5 Å². The van der Waals surface area contributed by atoms with E-state index < -0.39 is 11.7 Å². The van der Waals surface area contributed by atoms with Gasteiger partial charge in [-0.25, -0.2) is 0 Å². The highest BCUT2D eigenvalue weighted by Gasteiger charge is 2.30. The molecule has 3 aromatic rings. The van der Waals surface area contributed by atoms with Crippen molar-refractivity contribution in [3.63, 3.8) is 0 Å². The number of ether oxygens (including phenoxy) is 2. The summed E-state index contributed by atoms with van der Waals surface area (Å²) < 4.78 is 49.9. The summed E-state index contributed by atoms with van der Waals surface area (Å²) in [6.45, 7) is 5.51. The van der Waals surface area contributed by atoms with E-state index in [0.29, 0.717) is 63.0 Å². The van der Waals surface area contributed by atoms with Crippen LogP contribution < -0.4 is 9.47 Å². The lowest BCUT2D eigenvalue weighted by atomic mass is 10.1. The molecule has 2 heterocycles. The zero-order chi connectivity index (χ0) is 25.5. The van der Waals surface area contributed by atoms with Gasteiger partial charge < -0.3 is 14.4 Å². The van der Waals surface area contributed by atoms with Crippen molar-refractivity contribution >= 4 is 5.91 Å². The number of rotatable bonds is 8. The fourth-order valence-corrected chi connectivity index (χ4v) is 4.02. The third-order valence-electron chi connectivity index (χ3n) is 5.95. The van der Waals surface area contributed by atoms with Crippen LogP contribution in [0.5, 0.6) is 11.5 Å². The lowest BCUT2D eigenvalue weighted by molar-refractivity contribution is -0.137. The summed E-state index contributed by atoms with van der Waals surface area (Å²) >= 11 is 0. The number of carbonyl (C=O) groups excluding carboxylic acids is 1. The van der Waals surface area contributed by atoms with E-state index in [1.807, 2.05) is 19.1 Å². The molecule has 0 bridgehead atoms. The molecule has 0 N–H and O–H groups in total. The minimum atomic E-state index is -4.34. The minimum absolute atomic E-state index is 0.0936.